The van der Waals surface area contributed by atoms with Gasteiger partial charge in [0.25, 0.3) is 0 Å². The zero-order valence-electron chi connectivity index (χ0n) is 11.2. The molecule has 2 rings (SSSR count). The average Bonchev–Trinajstić information content (AvgIpc) is 3.09. The van der Waals surface area contributed by atoms with Crippen LogP contribution in [0.4, 0.5) is 0 Å². The Balaban J connectivity index is 2.04. The molecule has 1 aliphatic rings. The smallest absolute Gasteiger partial charge is 0.122 e. The molecule has 18 heavy (non-hydrogen) atoms. The first-order valence-electron chi connectivity index (χ1n) is 6.74. The summed E-state index contributed by atoms with van der Waals surface area (Å²) in [6.07, 6.45) is 2.24. The summed E-state index contributed by atoms with van der Waals surface area (Å²) < 4.78 is 5.90. The Morgan fingerprint density at radius 1 is 1.44 bits per heavy atom. The molecular formula is C15H22ClNO. The van der Waals surface area contributed by atoms with Crippen molar-refractivity contribution in [3.05, 3.63) is 28.8 Å². The van der Waals surface area contributed by atoms with Gasteiger partial charge in [0.05, 0.1) is 6.61 Å². The summed E-state index contributed by atoms with van der Waals surface area (Å²) in [5.41, 5.74) is 6.95. The van der Waals surface area contributed by atoms with Crippen LogP contribution in [0.5, 0.6) is 5.75 Å². The van der Waals surface area contributed by atoms with Crippen LogP contribution in [0.25, 0.3) is 0 Å². The van der Waals surface area contributed by atoms with Gasteiger partial charge in [0, 0.05) is 5.02 Å². The fraction of sp³-hybridized carbons (Fsp3) is 0.600. The Labute approximate surface area is 114 Å². The third-order valence-corrected chi connectivity index (χ3v) is 3.78. The molecule has 0 bridgehead atoms. The van der Waals surface area contributed by atoms with E-state index in [1.807, 2.05) is 18.2 Å². The maximum absolute atomic E-state index is 6.08. The summed E-state index contributed by atoms with van der Waals surface area (Å²) in [6, 6.07) is 5.92. The van der Waals surface area contributed by atoms with Gasteiger partial charge < -0.3 is 10.5 Å². The SMILES string of the molecule is CC(C)CCOc1ccc(Cl)cc1C1CC1CN. The summed E-state index contributed by atoms with van der Waals surface area (Å²) in [4.78, 5) is 0. The Bertz CT molecular complexity index is 405. The molecule has 3 heteroatoms. The summed E-state index contributed by atoms with van der Waals surface area (Å²) in [6.45, 7) is 5.93. The standard InChI is InChI=1S/C15H22ClNO/c1-10(2)5-6-18-15-4-3-12(16)8-14(15)13-7-11(13)9-17/h3-4,8,10-11,13H,5-7,9,17H2,1-2H3. The van der Waals surface area contributed by atoms with Crippen molar-refractivity contribution in [3.8, 4) is 5.75 Å². The highest BCUT2D eigenvalue weighted by atomic mass is 35.5. The molecule has 2 nitrogen and oxygen atoms in total. The number of hydrogen-bond donors (Lipinski definition) is 1. The molecule has 100 valence electrons. The molecular weight excluding hydrogens is 246 g/mol. The minimum atomic E-state index is 0.544. The molecule has 2 N–H and O–H groups in total. The molecule has 1 fully saturated rings. The number of benzene rings is 1. The highest BCUT2D eigenvalue weighted by molar-refractivity contribution is 6.30. The molecule has 0 saturated heterocycles. The van der Waals surface area contributed by atoms with E-state index < -0.39 is 0 Å². The Kier molecular flexibility index (Phi) is 4.52. The number of ether oxygens (including phenoxy) is 1. The van der Waals surface area contributed by atoms with E-state index >= 15 is 0 Å². The van der Waals surface area contributed by atoms with Crippen LogP contribution < -0.4 is 10.5 Å². The lowest BCUT2D eigenvalue weighted by Crippen LogP contribution is -2.05. The van der Waals surface area contributed by atoms with E-state index in [1.54, 1.807) is 0 Å². The summed E-state index contributed by atoms with van der Waals surface area (Å²) in [7, 11) is 0. The second-order valence-corrected chi connectivity index (χ2v) is 5.99. The monoisotopic (exact) mass is 267 g/mol. The Hall–Kier alpha value is -0.730. The summed E-state index contributed by atoms with van der Waals surface area (Å²) in [5, 5.41) is 0.781. The Morgan fingerprint density at radius 2 is 2.22 bits per heavy atom. The number of rotatable bonds is 6. The van der Waals surface area contributed by atoms with Gasteiger partial charge in [0.15, 0.2) is 0 Å². The molecule has 1 aliphatic carbocycles. The summed E-state index contributed by atoms with van der Waals surface area (Å²) >= 11 is 6.08. The predicted molar refractivity (Wildman–Crippen MR) is 76.3 cm³/mol. The first kappa shape index (κ1) is 13.7. The van der Waals surface area contributed by atoms with Crippen LogP contribution in [-0.4, -0.2) is 13.2 Å². The van der Waals surface area contributed by atoms with Crippen molar-refractivity contribution < 1.29 is 4.74 Å². The minimum absolute atomic E-state index is 0.544. The van der Waals surface area contributed by atoms with Crippen molar-refractivity contribution in [1.82, 2.24) is 0 Å². The molecule has 0 aliphatic heterocycles. The first-order valence-corrected chi connectivity index (χ1v) is 7.12. The van der Waals surface area contributed by atoms with Crippen molar-refractivity contribution >= 4 is 11.6 Å². The lowest BCUT2D eigenvalue weighted by molar-refractivity contribution is 0.286. The topological polar surface area (TPSA) is 35.2 Å². The molecule has 2 unspecified atom stereocenters. The lowest BCUT2D eigenvalue weighted by atomic mass is 10.1. The molecule has 0 heterocycles. The van der Waals surface area contributed by atoms with Gasteiger partial charge in [-0.05, 0) is 60.9 Å². The van der Waals surface area contributed by atoms with Crippen molar-refractivity contribution in [2.24, 2.45) is 17.6 Å². The van der Waals surface area contributed by atoms with Gasteiger partial charge in [-0.15, -0.1) is 0 Å². The van der Waals surface area contributed by atoms with Gasteiger partial charge in [0.2, 0.25) is 0 Å². The number of nitrogens with two attached hydrogens (primary N) is 1. The normalized spacial score (nSPS) is 22.3. The van der Waals surface area contributed by atoms with Crippen LogP contribution in [0.2, 0.25) is 5.02 Å². The highest BCUT2D eigenvalue weighted by Gasteiger charge is 2.38. The van der Waals surface area contributed by atoms with Gasteiger partial charge in [0.1, 0.15) is 5.75 Å². The van der Waals surface area contributed by atoms with Gasteiger partial charge in [-0.2, -0.15) is 0 Å². The third kappa shape index (κ3) is 3.39. The van der Waals surface area contributed by atoms with Crippen LogP contribution in [0.1, 0.15) is 38.2 Å². The maximum Gasteiger partial charge on any atom is 0.122 e. The molecule has 0 aromatic heterocycles. The van der Waals surface area contributed by atoms with E-state index in [2.05, 4.69) is 13.8 Å². The van der Waals surface area contributed by atoms with Crippen LogP contribution in [0.15, 0.2) is 18.2 Å². The molecule has 0 radical (unpaired) electrons. The lowest BCUT2D eigenvalue weighted by Gasteiger charge is -2.13. The first-order chi connectivity index (χ1) is 8.61. The van der Waals surface area contributed by atoms with E-state index in [-0.39, 0.29) is 0 Å². The van der Waals surface area contributed by atoms with Crippen molar-refractivity contribution in [2.75, 3.05) is 13.2 Å². The second kappa shape index (κ2) is 5.94. The Morgan fingerprint density at radius 3 is 2.83 bits per heavy atom. The van der Waals surface area contributed by atoms with E-state index in [1.165, 1.54) is 5.56 Å². The third-order valence-electron chi connectivity index (χ3n) is 3.55. The number of halogens is 1. The minimum Gasteiger partial charge on any atom is -0.493 e. The molecule has 0 amide bonds. The van der Waals surface area contributed by atoms with E-state index in [4.69, 9.17) is 22.1 Å². The molecule has 1 saturated carbocycles. The largest absolute Gasteiger partial charge is 0.493 e. The quantitative estimate of drug-likeness (QED) is 0.850. The average molecular weight is 268 g/mol. The fourth-order valence-corrected chi connectivity index (χ4v) is 2.41. The highest BCUT2D eigenvalue weighted by Crippen LogP contribution is 2.50. The predicted octanol–water partition coefficient (Wildman–Crippen LogP) is 3.83. The molecule has 0 spiro atoms. The van der Waals surface area contributed by atoms with Gasteiger partial charge in [-0.3, -0.25) is 0 Å². The van der Waals surface area contributed by atoms with E-state index in [9.17, 15) is 0 Å². The van der Waals surface area contributed by atoms with Crippen LogP contribution >= 0.6 is 11.6 Å². The van der Waals surface area contributed by atoms with Crippen molar-refractivity contribution in [3.63, 3.8) is 0 Å². The number of hydrogen-bond acceptors (Lipinski definition) is 2. The molecule has 1 aromatic rings. The fourth-order valence-electron chi connectivity index (χ4n) is 2.23. The van der Waals surface area contributed by atoms with Crippen molar-refractivity contribution in [2.45, 2.75) is 32.6 Å². The van der Waals surface area contributed by atoms with Gasteiger partial charge >= 0.3 is 0 Å². The molecule has 1 aromatic carbocycles. The van der Waals surface area contributed by atoms with E-state index in [0.29, 0.717) is 17.8 Å². The summed E-state index contributed by atoms with van der Waals surface area (Å²) in [5.74, 6) is 2.80. The molecule has 2 atom stereocenters. The zero-order chi connectivity index (χ0) is 13.1. The van der Waals surface area contributed by atoms with E-state index in [0.717, 1.165) is 36.8 Å². The van der Waals surface area contributed by atoms with Crippen LogP contribution in [-0.2, 0) is 0 Å². The second-order valence-electron chi connectivity index (χ2n) is 5.55. The van der Waals surface area contributed by atoms with Crippen LogP contribution in [0, 0.1) is 11.8 Å². The van der Waals surface area contributed by atoms with Gasteiger partial charge in [-0.25, -0.2) is 0 Å². The van der Waals surface area contributed by atoms with Gasteiger partial charge in [-0.1, -0.05) is 25.4 Å². The maximum atomic E-state index is 6.08. The van der Waals surface area contributed by atoms with Crippen LogP contribution in [0.3, 0.4) is 0 Å². The zero-order valence-corrected chi connectivity index (χ0v) is 11.9. The van der Waals surface area contributed by atoms with Crippen molar-refractivity contribution in [1.29, 1.82) is 0 Å².